The van der Waals surface area contributed by atoms with E-state index in [1.807, 2.05) is 42.5 Å². The highest BCUT2D eigenvalue weighted by molar-refractivity contribution is 7.89. The van der Waals surface area contributed by atoms with Crippen molar-refractivity contribution in [3.63, 3.8) is 0 Å². The van der Waals surface area contributed by atoms with Crippen LogP contribution < -0.4 is 5.32 Å². The van der Waals surface area contributed by atoms with Crippen molar-refractivity contribution >= 4 is 32.6 Å². The van der Waals surface area contributed by atoms with Crippen molar-refractivity contribution in [3.05, 3.63) is 59.5 Å². The molecule has 33 heavy (non-hydrogen) atoms. The van der Waals surface area contributed by atoms with E-state index in [1.54, 1.807) is 18.7 Å². The zero-order chi connectivity index (χ0) is 23.6. The van der Waals surface area contributed by atoms with Crippen LogP contribution in [-0.2, 0) is 26.0 Å². The molecule has 1 aliphatic rings. The van der Waals surface area contributed by atoms with Crippen LogP contribution in [0.1, 0.15) is 17.0 Å². The molecule has 2 heterocycles. The van der Waals surface area contributed by atoms with Crippen LogP contribution in [0.5, 0.6) is 0 Å². The molecule has 0 aliphatic carbocycles. The predicted molar refractivity (Wildman–Crippen MR) is 122 cm³/mol. The number of amides is 2. The summed E-state index contributed by atoms with van der Waals surface area (Å²) < 4.78 is 32.2. The van der Waals surface area contributed by atoms with Crippen LogP contribution in [0.25, 0.3) is 10.8 Å². The molecule has 4 rings (SSSR count). The topological polar surface area (TPSA) is 113 Å². The Labute approximate surface area is 192 Å². The maximum atomic E-state index is 12.9. The lowest BCUT2D eigenvalue weighted by Gasteiger charge is -2.34. The fourth-order valence-corrected chi connectivity index (χ4v) is 5.83. The molecule has 0 unspecified atom stereocenters. The van der Waals surface area contributed by atoms with Gasteiger partial charge in [-0.15, -0.1) is 0 Å². The molecule has 2 amide bonds. The van der Waals surface area contributed by atoms with E-state index in [4.69, 9.17) is 4.52 Å². The second kappa shape index (κ2) is 9.32. The number of hydrogen-bond acceptors (Lipinski definition) is 6. The largest absolute Gasteiger partial charge is 0.360 e. The Hall–Kier alpha value is -3.24. The second-order valence-electron chi connectivity index (χ2n) is 8.03. The molecule has 2 aromatic carbocycles. The van der Waals surface area contributed by atoms with Crippen molar-refractivity contribution in [2.75, 3.05) is 32.7 Å². The summed E-state index contributed by atoms with van der Waals surface area (Å²) in [5.74, 6) is -0.227. The van der Waals surface area contributed by atoms with E-state index in [2.05, 4.69) is 10.5 Å². The smallest absolute Gasteiger partial charge is 0.248 e. The quantitative estimate of drug-likeness (QED) is 0.586. The molecule has 0 bridgehead atoms. The lowest BCUT2D eigenvalue weighted by atomic mass is 10.0. The number of nitrogens with zero attached hydrogens (tertiary/aromatic N) is 3. The zero-order valence-electron chi connectivity index (χ0n) is 18.6. The van der Waals surface area contributed by atoms with E-state index in [9.17, 15) is 18.0 Å². The van der Waals surface area contributed by atoms with Crippen molar-refractivity contribution < 1.29 is 22.5 Å². The van der Waals surface area contributed by atoms with Crippen LogP contribution in [0.3, 0.4) is 0 Å². The minimum atomic E-state index is -3.74. The van der Waals surface area contributed by atoms with Gasteiger partial charge in [-0.1, -0.05) is 47.6 Å². The average molecular weight is 471 g/mol. The summed E-state index contributed by atoms with van der Waals surface area (Å²) in [6, 6.07) is 13.6. The minimum Gasteiger partial charge on any atom is -0.360 e. The fraction of sp³-hybridized carbons (Fsp3) is 0.348. The van der Waals surface area contributed by atoms with Crippen molar-refractivity contribution in [3.8, 4) is 0 Å². The number of rotatable bonds is 6. The van der Waals surface area contributed by atoms with Crippen LogP contribution in [0, 0.1) is 13.8 Å². The van der Waals surface area contributed by atoms with Crippen LogP contribution in [0.4, 0.5) is 0 Å². The van der Waals surface area contributed by atoms with Gasteiger partial charge in [-0.2, -0.15) is 4.31 Å². The molecular weight excluding hydrogens is 444 g/mol. The number of hydrogen-bond donors (Lipinski definition) is 1. The normalized spacial score (nSPS) is 15.0. The van der Waals surface area contributed by atoms with Gasteiger partial charge < -0.3 is 14.7 Å². The SMILES string of the molecule is Cc1noc(C)c1S(=O)(=O)N1CCN(C(=O)CNC(=O)Cc2cccc3ccccc23)CC1. The first-order chi connectivity index (χ1) is 15.8. The Bertz CT molecular complexity index is 1270. The lowest BCUT2D eigenvalue weighted by molar-refractivity contribution is -0.133. The summed E-state index contributed by atoms with van der Waals surface area (Å²) in [7, 11) is -3.74. The Kier molecular flexibility index (Phi) is 6.48. The molecule has 174 valence electrons. The monoisotopic (exact) mass is 470 g/mol. The summed E-state index contributed by atoms with van der Waals surface area (Å²) in [5.41, 5.74) is 1.22. The van der Waals surface area contributed by atoms with Gasteiger partial charge in [-0.05, 0) is 30.2 Å². The van der Waals surface area contributed by atoms with Gasteiger partial charge in [0, 0.05) is 26.2 Å². The van der Waals surface area contributed by atoms with Crippen LogP contribution in [0.2, 0.25) is 0 Å². The number of carbonyl (C=O) groups excluding carboxylic acids is 2. The number of carbonyl (C=O) groups is 2. The van der Waals surface area contributed by atoms with Gasteiger partial charge in [0.25, 0.3) is 0 Å². The lowest BCUT2D eigenvalue weighted by Crippen LogP contribution is -2.52. The summed E-state index contributed by atoms with van der Waals surface area (Å²) in [6.45, 7) is 3.86. The number of piperazine rings is 1. The molecule has 10 heteroatoms. The molecule has 0 radical (unpaired) electrons. The number of aryl methyl sites for hydroxylation is 2. The molecule has 0 saturated carbocycles. The predicted octanol–water partition coefficient (Wildman–Crippen LogP) is 1.64. The van der Waals surface area contributed by atoms with Gasteiger partial charge in [0.15, 0.2) is 5.76 Å². The van der Waals surface area contributed by atoms with Crippen molar-refractivity contribution in [1.82, 2.24) is 19.7 Å². The summed E-state index contributed by atoms with van der Waals surface area (Å²) in [6.07, 6.45) is 0.179. The Morgan fingerprint density at radius 3 is 2.42 bits per heavy atom. The first-order valence-electron chi connectivity index (χ1n) is 10.7. The van der Waals surface area contributed by atoms with E-state index < -0.39 is 10.0 Å². The second-order valence-corrected chi connectivity index (χ2v) is 9.90. The fourth-order valence-electron chi connectivity index (χ4n) is 4.12. The maximum Gasteiger partial charge on any atom is 0.248 e. The van der Waals surface area contributed by atoms with Gasteiger partial charge in [0.1, 0.15) is 10.6 Å². The molecular formula is C23H26N4O5S. The molecule has 0 atom stereocenters. The number of nitrogens with one attached hydrogen (secondary N) is 1. The van der Waals surface area contributed by atoms with E-state index in [1.165, 1.54) is 4.31 Å². The Morgan fingerprint density at radius 1 is 1.03 bits per heavy atom. The molecule has 0 spiro atoms. The van der Waals surface area contributed by atoms with Crippen LogP contribution in [-0.4, -0.2) is 67.3 Å². The van der Waals surface area contributed by atoms with Gasteiger partial charge >= 0.3 is 0 Å². The van der Waals surface area contributed by atoms with Gasteiger partial charge in [0.05, 0.1) is 13.0 Å². The van der Waals surface area contributed by atoms with Crippen molar-refractivity contribution in [1.29, 1.82) is 0 Å². The summed E-state index contributed by atoms with van der Waals surface area (Å²) in [4.78, 5) is 26.7. The maximum absolute atomic E-state index is 12.9. The highest BCUT2D eigenvalue weighted by Gasteiger charge is 2.34. The summed E-state index contributed by atoms with van der Waals surface area (Å²) in [5, 5.41) is 8.48. The molecule has 1 aliphatic heterocycles. The molecule has 1 aromatic heterocycles. The molecule has 1 fully saturated rings. The highest BCUT2D eigenvalue weighted by atomic mass is 32.2. The van der Waals surface area contributed by atoms with E-state index in [-0.39, 0.29) is 61.6 Å². The van der Waals surface area contributed by atoms with Crippen LogP contribution >= 0.6 is 0 Å². The van der Waals surface area contributed by atoms with Crippen molar-refractivity contribution in [2.24, 2.45) is 0 Å². The molecule has 1 saturated heterocycles. The first-order valence-corrected chi connectivity index (χ1v) is 12.2. The van der Waals surface area contributed by atoms with Gasteiger partial charge in [-0.25, -0.2) is 8.42 Å². The Morgan fingerprint density at radius 2 is 1.73 bits per heavy atom. The number of benzene rings is 2. The van der Waals surface area contributed by atoms with Gasteiger partial charge in [0.2, 0.25) is 21.8 Å². The van der Waals surface area contributed by atoms with Gasteiger partial charge in [-0.3, -0.25) is 9.59 Å². The molecule has 3 aromatic rings. The molecule has 9 nitrogen and oxygen atoms in total. The highest BCUT2D eigenvalue weighted by Crippen LogP contribution is 2.24. The van der Waals surface area contributed by atoms with E-state index in [0.29, 0.717) is 5.69 Å². The number of sulfonamides is 1. The van der Waals surface area contributed by atoms with E-state index in [0.717, 1.165) is 16.3 Å². The molecule has 1 N–H and O–H groups in total. The van der Waals surface area contributed by atoms with Crippen LogP contribution in [0.15, 0.2) is 51.9 Å². The zero-order valence-corrected chi connectivity index (χ0v) is 19.4. The van der Waals surface area contributed by atoms with E-state index >= 15 is 0 Å². The standard InChI is InChI=1S/C23H26N4O5S/c1-16-23(17(2)32-25-16)33(30,31)27-12-10-26(11-13-27)22(29)15-24-21(28)14-19-8-5-7-18-6-3-4-9-20(18)19/h3-9H,10-15H2,1-2H3,(H,24,28). The first kappa shape index (κ1) is 22.9. The number of aromatic nitrogens is 1. The minimum absolute atomic E-state index is 0.0861. The third-order valence-electron chi connectivity index (χ3n) is 5.82. The Balaban J connectivity index is 1.30. The third kappa shape index (κ3) is 4.76. The summed E-state index contributed by atoms with van der Waals surface area (Å²) >= 11 is 0. The average Bonchev–Trinajstić information content (AvgIpc) is 3.16. The van der Waals surface area contributed by atoms with Crippen molar-refractivity contribution in [2.45, 2.75) is 25.2 Å². The number of fused-ring (bicyclic) bond motifs is 1. The third-order valence-corrected chi connectivity index (χ3v) is 7.97.